The highest BCUT2D eigenvalue weighted by Gasteiger charge is 2.14. The molecule has 6 nitrogen and oxygen atoms in total. The van der Waals surface area contributed by atoms with Crippen LogP contribution in [0.3, 0.4) is 0 Å². The molecule has 0 aliphatic rings. The summed E-state index contributed by atoms with van der Waals surface area (Å²) >= 11 is 6.10. The number of amides is 1. The monoisotopic (exact) mass is 319 g/mol. The predicted octanol–water partition coefficient (Wildman–Crippen LogP) is 2.25. The number of benzene rings is 1. The van der Waals surface area contributed by atoms with Crippen LogP contribution >= 0.6 is 11.6 Å². The summed E-state index contributed by atoms with van der Waals surface area (Å²) in [6, 6.07) is 6.78. The molecule has 1 amide bonds. The van der Waals surface area contributed by atoms with E-state index in [4.69, 9.17) is 31.6 Å². The third-order valence-corrected chi connectivity index (χ3v) is 2.88. The minimum atomic E-state index is -0.414. The Morgan fingerprint density at radius 3 is 2.59 bits per heavy atom. The summed E-state index contributed by atoms with van der Waals surface area (Å²) in [6.07, 6.45) is 1.41. The zero-order valence-corrected chi connectivity index (χ0v) is 13.1. The average molecular weight is 320 g/mol. The van der Waals surface area contributed by atoms with Gasteiger partial charge in [0, 0.05) is 14.1 Å². The molecule has 0 spiro atoms. The number of nitrogens with zero attached hydrogens (tertiary/aromatic N) is 3. The third kappa shape index (κ3) is 4.15. The standard InChI is InChI=1S/C15H14ClN3O3/c1-19(2)15(20)11(9-18)6-10-7-12(16)14(22-5-4-17)13(8-10)21-3/h6-8H,5H2,1-3H3/b11-6-. The zero-order chi connectivity index (χ0) is 16.7. The van der Waals surface area contributed by atoms with E-state index in [1.54, 1.807) is 20.2 Å². The largest absolute Gasteiger partial charge is 0.493 e. The normalized spacial score (nSPS) is 10.4. The lowest BCUT2D eigenvalue weighted by atomic mass is 10.1. The van der Waals surface area contributed by atoms with Crippen molar-refractivity contribution in [1.29, 1.82) is 10.5 Å². The molecule has 0 radical (unpaired) electrons. The van der Waals surface area contributed by atoms with Crippen LogP contribution in [0.4, 0.5) is 0 Å². The van der Waals surface area contributed by atoms with E-state index in [-0.39, 0.29) is 23.0 Å². The van der Waals surface area contributed by atoms with E-state index < -0.39 is 5.91 Å². The van der Waals surface area contributed by atoms with Gasteiger partial charge in [0.2, 0.25) is 0 Å². The fourth-order valence-corrected chi connectivity index (χ4v) is 1.89. The van der Waals surface area contributed by atoms with Gasteiger partial charge in [0.1, 0.15) is 17.7 Å². The molecule has 0 bridgehead atoms. The summed E-state index contributed by atoms with van der Waals surface area (Å²) in [4.78, 5) is 13.1. The molecule has 22 heavy (non-hydrogen) atoms. The van der Waals surface area contributed by atoms with Gasteiger partial charge in [0.15, 0.2) is 18.1 Å². The van der Waals surface area contributed by atoms with Crippen LogP contribution in [0.2, 0.25) is 5.02 Å². The lowest BCUT2D eigenvalue weighted by Gasteiger charge is -2.12. The molecular weight excluding hydrogens is 306 g/mol. The number of rotatable bonds is 5. The van der Waals surface area contributed by atoms with Crippen molar-refractivity contribution in [2.45, 2.75) is 0 Å². The number of carbonyl (C=O) groups is 1. The first kappa shape index (κ1) is 17.4. The van der Waals surface area contributed by atoms with Gasteiger partial charge in [-0.05, 0) is 23.8 Å². The van der Waals surface area contributed by atoms with Crippen LogP contribution in [-0.2, 0) is 4.79 Å². The van der Waals surface area contributed by atoms with Gasteiger partial charge in [-0.2, -0.15) is 10.5 Å². The van der Waals surface area contributed by atoms with Crippen molar-refractivity contribution in [3.05, 3.63) is 28.3 Å². The van der Waals surface area contributed by atoms with Crippen molar-refractivity contribution in [2.75, 3.05) is 27.8 Å². The van der Waals surface area contributed by atoms with E-state index in [2.05, 4.69) is 0 Å². The minimum Gasteiger partial charge on any atom is -0.493 e. The fraction of sp³-hybridized carbons (Fsp3) is 0.267. The molecule has 7 heteroatoms. The van der Waals surface area contributed by atoms with Gasteiger partial charge < -0.3 is 14.4 Å². The number of methoxy groups -OCH3 is 1. The number of likely N-dealkylation sites (N-methyl/N-ethyl adjacent to an activating group) is 1. The second-order valence-corrected chi connectivity index (χ2v) is 4.76. The summed E-state index contributed by atoms with van der Waals surface area (Å²) in [5.41, 5.74) is 0.478. The number of halogens is 1. The van der Waals surface area contributed by atoms with Gasteiger partial charge in [-0.1, -0.05) is 11.6 Å². The van der Waals surface area contributed by atoms with E-state index in [9.17, 15) is 4.79 Å². The van der Waals surface area contributed by atoms with Gasteiger partial charge in [-0.15, -0.1) is 0 Å². The Labute approximate surface area is 133 Å². The lowest BCUT2D eigenvalue weighted by molar-refractivity contribution is -0.124. The Kier molecular flexibility index (Phi) is 6.25. The number of carbonyl (C=O) groups excluding carboxylic acids is 1. The Bertz CT molecular complexity index is 684. The van der Waals surface area contributed by atoms with E-state index in [0.717, 1.165) is 0 Å². The molecule has 1 rings (SSSR count). The van der Waals surface area contributed by atoms with Gasteiger partial charge in [0.25, 0.3) is 5.91 Å². The quantitative estimate of drug-likeness (QED) is 0.613. The number of nitriles is 2. The smallest absolute Gasteiger partial charge is 0.264 e. The first-order valence-electron chi connectivity index (χ1n) is 6.15. The Balaban J connectivity index is 3.28. The van der Waals surface area contributed by atoms with Crippen LogP contribution in [0.1, 0.15) is 5.56 Å². The molecule has 0 fully saturated rings. The highest BCUT2D eigenvalue weighted by Crippen LogP contribution is 2.37. The average Bonchev–Trinajstić information content (AvgIpc) is 2.50. The van der Waals surface area contributed by atoms with Crippen LogP contribution < -0.4 is 9.47 Å². The third-order valence-electron chi connectivity index (χ3n) is 2.60. The summed E-state index contributed by atoms with van der Waals surface area (Å²) < 4.78 is 10.4. The second kappa shape index (κ2) is 7.92. The van der Waals surface area contributed by atoms with E-state index in [0.29, 0.717) is 11.3 Å². The first-order chi connectivity index (χ1) is 10.4. The van der Waals surface area contributed by atoms with E-state index in [1.807, 2.05) is 12.1 Å². The second-order valence-electron chi connectivity index (χ2n) is 4.35. The highest BCUT2D eigenvalue weighted by molar-refractivity contribution is 6.32. The molecule has 0 N–H and O–H groups in total. The van der Waals surface area contributed by atoms with E-state index in [1.165, 1.54) is 24.2 Å². The first-order valence-corrected chi connectivity index (χ1v) is 6.53. The van der Waals surface area contributed by atoms with Crippen LogP contribution in [0, 0.1) is 22.7 Å². The Morgan fingerprint density at radius 2 is 2.09 bits per heavy atom. The Morgan fingerprint density at radius 1 is 1.41 bits per heavy atom. The fourth-order valence-electron chi connectivity index (χ4n) is 1.62. The van der Waals surface area contributed by atoms with Crippen molar-refractivity contribution < 1.29 is 14.3 Å². The maximum absolute atomic E-state index is 11.8. The molecule has 0 saturated carbocycles. The molecule has 0 aliphatic heterocycles. The molecular formula is C15H14ClN3O3. The van der Waals surface area contributed by atoms with Gasteiger partial charge in [-0.3, -0.25) is 4.79 Å². The SMILES string of the molecule is COc1cc(/C=C(/C#N)C(=O)N(C)C)cc(Cl)c1OCC#N. The number of hydrogen-bond donors (Lipinski definition) is 0. The Hall–Kier alpha value is -2.70. The van der Waals surface area contributed by atoms with Gasteiger partial charge >= 0.3 is 0 Å². The predicted molar refractivity (Wildman–Crippen MR) is 81.4 cm³/mol. The number of hydrogen-bond acceptors (Lipinski definition) is 5. The number of ether oxygens (including phenoxy) is 2. The molecule has 0 atom stereocenters. The van der Waals surface area contributed by atoms with Gasteiger partial charge in [0.05, 0.1) is 12.1 Å². The van der Waals surface area contributed by atoms with E-state index >= 15 is 0 Å². The molecule has 1 aromatic rings. The maximum Gasteiger partial charge on any atom is 0.264 e. The molecule has 0 aliphatic carbocycles. The van der Waals surface area contributed by atoms with Crippen molar-refractivity contribution in [3.8, 4) is 23.6 Å². The lowest BCUT2D eigenvalue weighted by Crippen LogP contribution is -2.22. The molecule has 0 heterocycles. The molecule has 0 aromatic heterocycles. The van der Waals surface area contributed by atoms with Crippen LogP contribution in [-0.4, -0.2) is 38.6 Å². The molecule has 0 saturated heterocycles. The summed E-state index contributed by atoms with van der Waals surface area (Å²) in [5.74, 6) is 0.131. The summed E-state index contributed by atoms with van der Waals surface area (Å²) in [6.45, 7) is -0.173. The molecule has 1 aromatic carbocycles. The van der Waals surface area contributed by atoms with Crippen molar-refractivity contribution >= 4 is 23.6 Å². The highest BCUT2D eigenvalue weighted by atomic mass is 35.5. The molecule has 0 unspecified atom stereocenters. The van der Waals surface area contributed by atoms with Crippen LogP contribution in [0.25, 0.3) is 6.08 Å². The zero-order valence-electron chi connectivity index (χ0n) is 12.4. The summed E-state index contributed by atoms with van der Waals surface area (Å²) in [5, 5.41) is 17.9. The van der Waals surface area contributed by atoms with Gasteiger partial charge in [-0.25, -0.2) is 0 Å². The van der Waals surface area contributed by atoms with Crippen molar-refractivity contribution in [2.24, 2.45) is 0 Å². The van der Waals surface area contributed by atoms with Crippen LogP contribution in [0.5, 0.6) is 11.5 Å². The van der Waals surface area contributed by atoms with Crippen molar-refractivity contribution in [3.63, 3.8) is 0 Å². The van der Waals surface area contributed by atoms with Crippen LogP contribution in [0.15, 0.2) is 17.7 Å². The van der Waals surface area contributed by atoms with Crippen molar-refractivity contribution in [1.82, 2.24) is 4.90 Å². The topological polar surface area (TPSA) is 86.3 Å². The summed E-state index contributed by atoms with van der Waals surface area (Å²) in [7, 11) is 4.54. The molecule has 114 valence electrons. The minimum absolute atomic E-state index is 0.0335. The maximum atomic E-state index is 11.8.